The predicted molar refractivity (Wildman–Crippen MR) is 83.3 cm³/mol. The minimum absolute atomic E-state index is 0. The van der Waals surface area contributed by atoms with Crippen LogP contribution in [0, 0.1) is 5.92 Å². The quantitative estimate of drug-likeness (QED) is 0.938. The van der Waals surface area contributed by atoms with Gasteiger partial charge in [-0.1, -0.05) is 18.2 Å². The molecule has 1 aliphatic heterocycles. The molecule has 20 heavy (non-hydrogen) atoms. The maximum atomic E-state index is 5.73. The zero-order chi connectivity index (χ0) is 13.1. The van der Waals surface area contributed by atoms with Crippen molar-refractivity contribution >= 4 is 12.4 Å². The van der Waals surface area contributed by atoms with E-state index in [0.29, 0.717) is 5.92 Å². The van der Waals surface area contributed by atoms with Crippen LogP contribution in [0.1, 0.15) is 12.0 Å². The number of rotatable bonds is 4. The van der Waals surface area contributed by atoms with Crippen LogP contribution >= 0.6 is 12.4 Å². The lowest BCUT2D eigenvalue weighted by atomic mass is 10.1. The molecule has 2 heterocycles. The van der Waals surface area contributed by atoms with Gasteiger partial charge in [-0.3, -0.25) is 4.90 Å². The van der Waals surface area contributed by atoms with E-state index in [1.165, 1.54) is 12.0 Å². The van der Waals surface area contributed by atoms with Crippen LogP contribution in [0.25, 0.3) is 5.69 Å². The maximum Gasteiger partial charge on any atom is 0.0645 e. The molecular formula is C15H21ClN4. The van der Waals surface area contributed by atoms with Crippen LogP contribution in [-0.2, 0) is 6.54 Å². The Labute approximate surface area is 126 Å². The molecule has 1 fully saturated rings. The largest absolute Gasteiger partial charge is 0.330 e. The summed E-state index contributed by atoms with van der Waals surface area (Å²) in [4.78, 5) is 2.46. The van der Waals surface area contributed by atoms with Crippen molar-refractivity contribution in [2.45, 2.75) is 13.0 Å². The fourth-order valence-electron chi connectivity index (χ4n) is 2.67. The molecule has 1 aromatic carbocycles. The van der Waals surface area contributed by atoms with Crippen molar-refractivity contribution in [3.63, 3.8) is 0 Å². The van der Waals surface area contributed by atoms with E-state index in [0.717, 1.165) is 31.9 Å². The van der Waals surface area contributed by atoms with Gasteiger partial charge in [-0.2, -0.15) is 5.10 Å². The van der Waals surface area contributed by atoms with Crippen molar-refractivity contribution in [3.05, 3.63) is 48.3 Å². The van der Waals surface area contributed by atoms with E-state index in [9.17, 15) is 0 Å². The molecule has 1 aromatic heterocycles. The van der Waals surface area contributed by atoms with Gasteiger partial charge in [-0.15, -0.1) is 12.4 Å². The van der Waals surface area contributed by atoms with Crippen molar-refractivity contribution in [2.24, 2.45) is 11.7 Å². The van der Waals surface area contributed by atoms with Crippen molar-refractivity contribution < 1.29 is 0 Å². The summed E-state index contributed by atoms with van der Waals surface area (Å²) >= 11 is 0. The second-order valence-electron chi connectivity index (χ2n) is 5.25. The van der Waals surface area contributed by atoms with Gasteiger partial charge in [0.2, 0.25) is 0 Å². The second-order valence-corrected chi connectivity index (χ2v) is 5.25. The highest BCUT2D eigenvalue weighted by Crippen LogP contribution is 2.18. The summed E-state index contributed by atoms with van der Waals surface area (Å²) in [6.45, 7) is 4.05. The number of likely N-dealkylation sites (tertiary alicyclic amines) is 1. The zero-order valence-electron chi connectivity index (χ0n) is 11.5. The predicted octanol–water partition coefficient (Wildman–Crippen LogP) is 2.07. The highest BCUT2D eigenvalue weighted by atomic mass is 35.5. The van der Waals surface area contributed by atoms with Crippen LogP contribution in [0.15, 0.2) is 42.7 Å². The number of benzene rings is 1. The number of nitrogens with two attached hydrogens (primary N) is 1. The Morgan fingerprint density at radius 1 is 1.25 bits per heavy atom. The summed E-state index contributed by atoms with van der Waals surface area (Å²) in [6.07, 6.45) is 5.30. The van der Waals surface area contributed by atoms with Crippen LogP contribution in [0.3, 0.4) is 0 Å². The molecule has 5 heteroatoms. The maximum absolute atomic E-state index is 5.73. The second kappa shape index (κ2) is 6.88. The number of hydrogen-bond acceptors (Lipinski definition) is 3. The van der Waals surface area contributed by atoms with Gasteiger partial charge >= 0.3 is 0 Å². The fraction of sp³-hybridized carbons (Fsp3) is 0.400. The molecule has 2 aromatic rings. The molecule has 0 saturated carbocycles. The van der Waals surface area contributed by atoms with Crippen molar-refractivity contribution in [1.82, 2.24) is 14.7 Å². The third kappa shape index (κ3) is 3.39. The molecule has 2 N–H and O–H groups in total. The van der Waals surface area contributed by atoms with Gasteiger partial charge in [0.1, 0.15) is 0 Å². The first-order chi connectivity index (χ1) is 9.35. The van der Waals surface area contributed by atoms with E-state index in [4.69, 9.17) is 5.73 Å². The topological polar surface area (TPSA) is 47.1 Å². The molecule has 0 aliphatic carbocycles. The average Bonchev–Trinajstić information content (AvgIpc) is 3.09. The molecule has 0 radical (unpaired) electrons. The number of halogens is 1. The molecule has 0 amide bonds. The van der Waals surface area contributed by atoms with Gasteiger partial charge < -0.3 is 5.73 Å². The average molecular weight is 293 g/mol. The molecule has 1 unspecified atom stereocenters. The number of hydrogen-bond donors (Lipinski definition) is 1. The molecule has 3 rings (SSSR count). The van der Waals surface area contributed by atoms with Gasteiger partial charge in [0.05, 0.1) is 11.9 Å². The Hall–Kier alpha value is -1.36. The third-order valence-electron chi connectivity index (χ3n) is 3.77. The van der Waals surface area contributed by atoms with E-state index in [1.807, 2.05) is 29.1 Å². The summed E-state index contributed by atoms with van der Waals surface area (Å²) in [5, 5.41) is 4.43. The molecule has 0 bridgehead atoms. The van der Waals surface area contributed by atoms with Gasteiger partial charge in [0, 0.05) is 24.8 Å². The molecule has 0 spiro atoms. The van der Waals surface area contributed by atoms with Gasteiger partial charge in [0.15, 0.2) is 0 Å². The van der Waals surface area contributed by atoms with E-state index in [1.54, 1.807) is 0 Å². The first kappa shape index (κ1) is 15.0. The lowest BCUT2D eigenvalue weighted by Crippen LogP contribution is -2.22. The Morgan fingerprint density at radius 2 is 2.05 bits per heavy atom. The summed E-state index contributed by atoms with van der Waals surface area (Å²) in [5.74, 6) is 0.671. The minimum Gasteiger partial charge on any atom is -0.330 e. The first-order valence-electron chi connectivity index (χ1n) is 6.86. The van der Waals surface area contributed by atoms with Crippen LogP contribution in [0.2, 0.25) is 0 Å². The molecular weight excluding hydrogens is 272 g/mol. The number of nitrogens with zero attached hydrogens (tertiary/aromatic N) is 3. The van der Waals surface area contributed by atoms with Crippen LogP contribution in [0.5, 0.6) is 0 Å². The lowest BCUT2D eigenvalue weighted by molar-refractivity contribution is 0.318. The lowest BCUT2D eigenvalue weighted by Gasteiger charge is -2.13. The fourth-order valence-corrected chi connectivity index (χ4v) is 2.67. The zero-order valence-corrected chi connectivity index (χ0v) is 12.3. The highest BCUT2D eigenvalue weighted by molar-refractivity contribution is 5.85. The van der Waals surface area contributed by atoms with Crippen molar-refractivity contribution in [1.29, 1.82) is 0 Å². The summed E-state index contributed by atoms with van der Waals surface area (Å²) in [5.41, 5.74) is 8.10. The van der Waals surface area contributed by atoms with Crippen molar-refractivity contribution in [3.8, 4) is 5.69 Å². The SMILES string of the molecule is Cl.NCC1CCN(Cc2cnn(-c3ccccc3)c2)C1. The highest BCUT2D eigenvalue weighted by Gasteiger charge is 2.21. The standard InChI is InChI=1S/C15H20N4.ClH/c16-8-13-6-7-18(10-13)11-14-9-17-19(12-14)15-4-2-1-3-5-15;/h1-5,9,12-13H,6-8,10-11,16H2;1H. The molecule has 108 valence electrons. The van der Waals surface area contributed by atoms with Gasteiger partial charge in [-0.05, 0) is 37.6 Å². The number of aromatic nitrogens is 2. The smallest absolute Gasteiger partial charge is 0.0645 e. The van der Waals surface area contributed by atoms with E-state index in [2.05, 4.69) is 28.3 Å². The van der Waals surface area contributed by atoms with E-state index < -0.39 is 0 Å². The normalized spacial score (nSPS) is 18.9. The van der Waals surface area contributed by atoms with Gasteiger partial charge in [0.25, 0.3) is 0 Å². The summed E-state index contributed by atoms with van der Waals surface area (Å²) in [7, 11) is 0. The summed E-state index contributed by atoms with van der Waals surface area (Å²) in [6, 6.07) is 10.2. The van der Waals surface area contributed by atoms with Crippen molar-refractivity contribution in [2.75, 3.05) is 19.6 Å². The number of para-hydroxylation sites is 1. The molecule has 1 saturated heterocycles. The summed E-state index contributed by atoms with van der Waals surface area (Å²) < 4.78 is 1.94. The molecule has 1 atom stereocenters. The molecule has 1 aliphatic rings. The van der Waals surface area contributed by atoms with Gasteiger partial charge in [-0.25, -0.2) is 4.68 Å². The Kier molecular flexibility index (Phi) is 5.17. The van der Waals surface area contributed by atoms with E-state index >= 15 is 0 Å². The van der Waals surface area contributed by atoms with Crippen LogP contribution in [-0.4, -0.2) is 34.3 Å². The van der Waals surface area contributed by atoms with Crippen LogP contribution < -0.4 is 5.73 Å². The van der Waals surface area contributed by atoms with E-state index in [-0.39, 0.29) is 12.4 Å². The Bertz CT molecular complexity index is 526. The Balaban J connectivity index is 0.00000147. The monoisotopic (exact) mass is 292 g/mol. The first-order valence-corrected chi connectivity index (χ1v) is 6.86. The van der Waals surface area contributed by atoms with Crippen LogP contribution in [0.4, 0.5) is 0 Å². The third-order valence-corrected chi connectivity index (χ3v) is 3.77. The Morgan fingerprint density at radius 3 is 2.75 bits per heavy atom. The molecule has 4 nitrogen and oxygen atoms in total. The minimum atomic E-state index is 0.